The van der Waals surface area contributed by atoms with E-state index < -0.39 is 23.4 Å². The quantitative estimate of drug-likeness (QED) is 0.206. The maximum Gasteiger partial charge on any atom is 0.325 e. The Balaban J connectivity index is 1.79. The van der Waals surface area contributed by atoms with Crippen molar-refractivity contribution < 1.29 is 23.8 Å². The summed E-state index contributed by atoms with van der Waals surface area (Å²) < 4.78 is 18.3. The van der Waals surface area contributed by atoms with E-state index in [1.807, 2.05) is 42.5 Å². The number of nitrogens with zero attached hydrogens (tertiary/aromatic N) is 1. The minimum Gasteiger partial charge on any atom is -0.497 e. The zero-order valence-corrected chi connectivity index (χ0v) is 27.1. The first-order valence-corrected chi connectivity index (χ1v) is 15.2. The Bertz CT molecular complexity index is 1420. The minimum atomic E-state index is -1.57. The second kappa shape index (κ2) is 11.5. The molecule has 8 heteroatoms. The highest BCUT2D eigenvalue weighted by Crippen LogP contribution is 2.58. The summed E-state index contributed by atoms with van der Waals surface area (Å²) in [6, 6.07) is 21.7. The molecule has 1 aliphatic heterocycles. The second-order valence-corrected chi connectivity index (χ2v) is 13.4. The number of esters is 2. The van der Waals surface area contributed by atoms with Gasteiger partial charge < -0.3 is 14.2 Å². The summed E-state index contributed by atoms with van der Waals surface area (Å²) in [5, 5.41) is 0. The Morgan fingerprint density at radius 2 is 1.46 bits per heavy atom. The zero-order valence-electron chi connectivity index (χ0n) is 23.9. The lowest BCUT2D eigenvalue weighted by molar-refractivity contribution is -0.189. The molecule has 41 heavy (non-hydrogen) atoms. The fourth-order valence-corrected chi connectivity index (χ4v) is 7.95. The highest BCUT2D eigenvalue weighted by Gasteiger charge is 2.65. The predicted octanol–water partition coefficient (Wildman–Crippen LogP) is 7.02. The molecule has 0 spiro atoms. The second-order valence-electron chi connectivity index (χ2n) is 11.6. The molecule has 0 amide bonds. The zero-order chi connectivity index (χ0) is 29.5. The average Bonchev–Trinajstić information content (AvgIpc) is 2.97. The molecule has 0 bridgehead atoms. The molecule has 6 nitrogen and oxygen atoms in total. The molecule has 0 saturated carbocycles. The van der Waals surface area contributed by atoms with Crippen LogP contribution in [-0.4, -0.2) is 44.2 Å². The van der Waals surface area contributed by atoms with Crippen molar-refractivity contribution in [2.75, 3.05) is 21.3 Å². The third kappa shape index (κ3) is 5.12. The van der Waals surface area contributed by atoms with E-state index in [0.717, 1.165) is 25.8 Å². The van der Waals surface area contributed by atoms with Gasteiger partial charge in [-0.1, -0.05) is 76.0 Å². The summed E-state index contributed by atoms with van der Waals surface area (Å²) in [4.78, 5) is 30.3. The molecule has 0 N–H and O–H groups in total. The fraction of sp³-hybridized carbons (Fsp3) is 0.394. The number of methoxy groups -OCH3 is 3. The lowest BCUT2D eigenvalue weighted by atomic mass is 9.55. The monoisotopic (exact) mass is 683 g/mol. The first-order chi connectivity index (χ1) is 19.6. The van der Waals surface area contributed by atoms with Gasteiger partial charge >= 0.3 is 11.9 Å². The minimum absolute atomic E-state index is 0.00289. The summed E-state index contributed by atoms with van der Waals surface area (Å²) in [6.45, 7) is 5.07. The summed E-state index contributed by atoms with van der Waals surface area (Å²) in [7, 11) is 4.37. The largest absolute Gasteiger partial charge is 0.497 e. The Morgan fingerprint density at radius 3 is 2.02 bits per heavy atom. The van der Waals surface area contributed by atoms with E-state index in [9.17, 15) is 9.59 Å². The summed E-state index contributed by atoms with van der Waals surface area (Å²) in [5.74, 6) is -0.401. The van der Waals surface area contributed by atoms with Crippen molar-refractivity contribution in [1.29, 1.82) is 0 Å². The Morgan fingerprint density at radius 1 is 0.878 bits per heavy atom. The third-order valence-electron chi connectivity index (χ3n) is 8.98. The molecule has 1 heterocycles. The van der Waals surface area contributed by atoms with Gasteiger partial charge in [0, 0.05) is 26.9 Å². The Hall–Kier alpha value is -2.68. The van der Waals surface area contributed by atoms with E-state index in [1.54, 1.807) is 7.11 Å². The molecule has 1 saturated heterocycles. The molecule has 1 fully saturated rings. The molecule has 5 rings (SSSR count). The normalized spacial score (nSPS) is 22.7. The number of hydrogen-bond donors (Lipinski definition) is 0. The highest BCUT2D eigenvalue weighted by atomic mass is 79.9. The van der Waals surface area contributed by atoms with Gasteiger partial charge in [-0.2, -0.15) is 0 Å². The van der Waals surface area contributed by atoms with E-state index in [4.69, 9.17) is 14.2 Å². The van der Waals surface area contributed by atoms with Crippen molar-refractivity contribution in [1.82, 2.24) is 4.90 Å². The maximum absolute atomic E-state index is 14.0. The van der Waals surface area contributed by atoms with E-state index >= 15 is 0 Å². The van der Waals surface area contributed by atoms with Crippen molar-refractivity contribution >= 4 is 43.8 Å². The number of carbonyl (C=O) groups excluding carboxylic acids is 2. The molecule has 3 atom stereocenters. The molecule has 0 aromatic heterocycles. The van der Waals surface area contributed by atoms with Crippen LogP contribution in [0, 0.1) is 11.3 Å². The van der Waals surface area contributed by atoms with Gasteiger partial charge in [0.15, 0.2) is 5.41 Å². The van der Waals surface area contributed by atoms with Gasteiger partial charge in [-0.05, 0) is 77.4 Å². The molecular formula is C33H35Br2NO5. The summed E-state index contributed by atoms with van der Waals surface area (Å²) in [6.07, 6.45) is 0.995. The van der Waals surface area contributed by atoms with Gasteiger partial charge in [0.25, 0.3) is 0 Å². The van der Waals surface area contributed by atoms with Crippen molar-refractivity contribution in [3.05, 3.63) is 97.9 Å². The van der Waals surface area contributed by atoms with Crippen LogP contribution in [-0.2, 0) is 37.4 Å². The molecule has 216 valence electrons. The highest BCUT2D eigenvalue weighted by molar-refractivity contribution is 9.10. The van der Waals surface area contributed by atoms with Crippen molar-refractivity contribution in [3.63, 3.8) is 0 Å². The van der Waals surface area contributed by atoms with E-state index in [-0.39, 0.29) is 17.4 Å². The third-order valence-corrected chi connectivity index (χ3v) is 10.0. The van der Waals surface area contributed by atoms with Crippen LogP contribution in [0.4, 0.5) is 0 Å². The molecule has 2 aliphatic rings. The first-order valence-electron chi connectivity index (χ1n) is 13.7. The molecular weight excluding hydrogens is 650 g/mol. The number of carbonyl (C=O) groups is 2. The van der Waals surface area contributed by atoms with Crippen LogP contribution in [0.3, 0.4) is 0 Å². The van der Waals surface area contributed by atoms with Gasteiger partial charge in [0.05, 0.1) is 27.4 Å². The van der Waals surface area contributed by atoms with E-state index in [1.165, 1.54) is 25.3 Å². The maximum atomic E-state index is 14.0. The van der Waals surface area contributed by atoms with E-state index in [2.05, 4.69) is 74.9 Å². The predicted molar refractivity (Wildman–Crippen MR) is 165 cm³/mol. The lowest BCUT2D eigenvalue weighted by Crippen LogP contribution is -2.66. The number of halogens is 2. The van der Waals surface area contributed by atoms with Crippen LogP contribution >= 0.6 is 31.9 Å². The van der Waals surface area contributed by atoms with Gasteiger partial charge in [-0.3, -0.25) is 14.5 Å². The van der Waals surface area contributed by atoms with Gasteiger partial charge in [0.2, 0.25) is 0 Å². The SMILES string of the molecule is COC(=O)C1(C(=O)OC)C[C@@H]2Cc3cc(OC)ccc3C(C)(C)[C@H]2N(Cc2ccc(Br)cc2)[C@@H]1c1ccc(Br)cc1. The smallest absolute Gasteiger partial charge is 0.325 e. The van der Waals surface area contributed by atoms with Crippen LogP contribution in [0.5, 0.6) is 5.75 Å². The molecule has 3 aromatic rings. The fourth-order valence-electron chi connectivity index (χ4n) is 7.42. The molecule has 0 unspecified atom stereocenters. The first kappa shape index (κ1) is 29.8. The van der Waals surface area contributed by atoms with Gasteiger partial charge in [0.1, 0.15) is 5.75 Å². The van der Waals surface area contributed by atoms with Gasteiger partial charge in [-0.25, -0.2) is 0 Å². The van der Waals surface area contributed by atoms with Crippen LogP contribution in [0.1, 0.15) is 48.6 Å². The number of rotatable bonds is 6. The van der Waals surface area contributed by atoms with Crippen LogP contribution < -0.4 is 4.74 Å². The van der Waals surface area contributed by atoms with E-state index in [0.29, 0.717) is 19.4 Å². The number of hydrogen-bond acceptors (Lipinski definition) is 6. The van der Waals surface area contributed by atoms with Crippen LogP contribution in [0.15, 0.2) is 75.7 Å². The molecule has 0 radical (unpaired) electrons. The topological polar surface area (TPSA) is 65.1 Å². The average molecular weight is 685 g/mol. The van der Waals surface area contributed by atoms with Crippen molar-refractivity contribution in [2.45, 2.75) is 50.7 Å². The number of benzene rings is 3. The van der Waals surface area contributed by atoms with Gasteiger partial charge in [-0.15, -0.1) is 0 Å². The van der Waals surface area contributed by atoms with Crippen LogP contribution in [0.25, 0.3) is 0 Å². The van der Waals surface area contributed by atoms with Crippen LogP contribution in [0.2, 0.25) is 0 Å². The lowest BCUT2D eigenvalue weighted by Gasteiger charge is -2.60. The summed E-state index contributed by atoms with van der Waals surface area (Å²) >= 11 is 7.10. The standard InChI is InChI=1S/C33H35Br2NO5/c1-32(2)27-15-14-26(39-3)17-22(27)16-23-18-33(30(37)40-4,31(38)41-5)29(21-8-12-25(35)13-9-21)36(28(23)32)19-20-6-10-24(34)11-7-20/h6-15,17,23,28-29H,16,18-19H2,1-5H3/t23-,28-,29+/m0/s1. The van der Waals surface area contributed by atoms with Crippen molar-refractivity contribution in [2.24, 2.45) is 11.3 Å². The summed E-state index contributed by atoms with van der Waals surface area (Å²) in [5.41, 5.74) is 2.47. The molecule has 1 aliphatic carbocycles. The number of fused-ring (bicyclic) bond motifs is 2. The number of piperidine rings is 1. The Kier molecular flexibility index (Phi) is 8.39. The molecule has 3 aromatic carbocycles. The number of likely N-dealkylation sites (tertiary alicyclic amines) is 1. The Labute approximate surface area is 258 Å². The number of ether oxygens (including phenoxy) is 3. The van der Waals surface area contributed by atoms with Crippen molar-refractivity contribution in [3.8, 4) is 5.75 Å².